The van der Waals surface area contributed by atoms with Gasteiger partial charge in [-0.1, -0.05) is 31.5 Å². The van der Waals surface area contributed by atoms with Crippen molar-refractivity contribution in [3.05, 3.63) is 34.6 Å². The van der Waals surface area contributed by atoms with Gasteiger partial charge >= 0.3 is 0 Å². The van der Waals surface area contributed by atoms with E-state index in [2.05, 4.69) is 29.5 Å². The van der Waals surface area contributed by atoms with Crippen LogP contribution in [-0.2, 0) is 11.2 Å². The third-order valence-electron chi connectivity index (χ3n) is 5.49. The van der Waals surface area contributed by atoms with Crippen molar-refractivity contribution in [3.63, 3.8) is 0 Å². The zero-order valence-corrected chi connectivity index (χ0v) is 18.6. The lowest BCUT2D eigenvalue weighted by atomic mass is 9.98. The maximum atomic E-state index is 13.2. The number of guanidine groups is 1. The van der Waals surface area contributed by atoms with E-state index in [1.54, 1.807) is 6.07 Å². The van der Waals surface area contributed by atoms with Crippen LogP contribution in [0.2, 0.25) is 5.02 Å². The summed E-state index contributed by atoms with van der Waals surface area (Å²) in [5.74, 6) is 0.892. The second kappa shape index (κ2) is 12.0. The van der Waals surface area contributed by atoms with Crippen LogP contribution in [0, 0.1) is 11.7 Å². The quantitative estimate of drug-likeness (QED) is 0.489. The molecule has 0 aliphatic carbocycles. The first kappa shape index (κ1) is 23.5. The maximum absolute atomic E-state index is 13.2. The highest BCUT2D eigenvalue weighted by Gasteiger charge is 2.26. The second-order valence-corrected chi connectivity index (χ2v) is 7.91. The van der Waals surface area contributed by atoms with Crippen LogP contribution in [0.1, 0.15) is 52.0 Å². The molecule has 1 aromatic rings. The minimum atomic E-state index is -0.328. The SMILES string of the molecule is CCNC(=NCCc1ccc(F)cc1Cl)NC1CCN(C(=O)C(CC)CC)CC1. The Bertz CT molecular complexity index is 685. The summed E-state index contributed by atoms with van der Waals surface area (Å²) < 4.78 is 13.2. The third-order valence-corrected chi connectivity index (χ3v) is 5.84. The molecule has 1 aliphatic rings. The number of aliphatic imine (C=N–C) groups is 1. The predicted molar refractivity (Wildman–Crippen MR) is 118 cm³/mol. The van der Waals surface area contributed by atoms with Crippen molar-refractivity contribution in [2.75, 3.05) is 26.2 Å². The van der Waals surface area contributed by atoms with Crippen LogP contribution in [0.5, 0.6) is 0 Å². The van der Waals surface area contributed by atoms with Crippen LogP contribution in [0.3, 0.4) is 0 Å². The van der Waals surface area contributed by atoms with E-state index in [4.69, 9.17) is 11.6 Å². The molecule has 5 nitrogen and oxygen atoms in total. The highest BCUT2D eigenvalue weighted by atomic mass is 35.5. The summed E-state index contributed by atoms with van der Waals surface area (Å²) in [5, 5.41) is 7.20. The second-order valence-electron chi connectivity index (χ2n) is 7.50. The Morgan fingerprint density at radius 3 is 2.55 bits per heavy atom. The Labute approximate surface area is 179 Å². The first-order chi connectivity index (χ1) is 14.0. The van der Waals surface area contributed by atoms with Gasteiger partial charge in [0.25, 0.3) is 0 Å². The summed E-state index contributed by atoms with van der Waals surface area (Å²) in [7, 11) is 0. The normalized spacial score (nSPS) is 15.7. The van der Waals surface area contributed by atoms with Gasteiger partial charge in [-0.3, -0.25) is 9.79 Å². The van der Waals surface area contributed by atoms with Crippen molar-refractivity contribution in [1.82, 2.24) is 15.5 Å². The number of amides is 1. The summed E-state index contributed by atoms with van der Waals surface area (Å²) in [6, 6.07) is 4.76. The molecule has 0 spiro atoms. The Balaban J connectivity index is 1.85. The van der Waals surface area contributed by atoms with Crippen molar-refractivity contribution in [3.8, 4) is 0 Å². The number of benzene rings is 1. The van der Waals surface area contributed by atoms with E-state index in [0.717, 1.165) is 56.8 Å². The molecule has 7 heteroatoms. The maximum Gasteiger partial charge on any atom is 0.225 e. The zero-order valence-electron chi connectivity index (χ0n) is 17.8. The number of likely N-dealkylation sites (tertiary alicyclic amines) is 1. The molecule has 2 N–H and O–H groups in total. The van der Waals surface area contributed by atoms with E-state index < -0.39 is 0 Å². The van der Waals surface area contributed by atoms with Gasteiger partial charge in [-0.25, -0.2) is 4.39 Å². The zero-order chi connectivity index (χ0) is 21.2. The molecule has 0 bridgehead atoms. The Morgan fingerprint density at radius 2 is 1.97 bits per heavy atom. The van der Waals surface area contributed by atoms with Gasteiger partial charge in [0.05, 0.1) is 0 Å². The number of hydrogen-bond donors (Lipinski definition) is 2. The van der Waals surface area contributed by atoms with Gasteiger partial charge in [-0.05, 0) is 56.7 Å². The minimum Gasteiger partial charge on any atom is -0.357 e. The fraction of sp³-hybridized carbons (Fsp3) is 0.636. The Kier molecular flexibility index (Phi) is 9.71. The van der Waals surface area contributed by atoms with E-state index >= 15 is 0 Å². The molecular formula is C22H34ClFN4O. The predicted octanol–water partition coefficient (Wildman–Crippen LogP) is 4.00. The number of nitrogens with one attached hydrogen (secondary N) is 2. The molecule has 1 saturated heterocycles. The number of piperidine rings is 1. The van der Waals surface area contributed by atoms with E-state index in [0.29, 0.717) is 29.9 Å². The van der Waals surface area contributed by atoms with Crippen molar-refractivity contribution >= 4 is 23.5 Å². The summed E-state index contributed by atoms with van der Waals surface area (Å²) in [5.41, 5.74) is 0.890. The molecule has 1 heterocycles. The Hall–Kier alpha value is -1.82. The molecule has 29 heavy (non-hydrogen) atoms. The summed E-state index contributed by atoms with van der Waals surface area (Å²) in [6.07, 6.45) is 4.30. The number of halogens is 2. The molecule has 2 rings (SSSR count). The summed E-state index contributed by atoms with van der Waals surface area (Å²) >= 11 is 6.09. The molecule has 1 aromatic carbocycles. The van der Waals surface area contributed by atoms with E-state index in [1.807, 2.05) is 11.8 Å². The van der Waals surface area contributed by atoms with E-state index in [1.165, 1.54) is 12.1 Å². The molecule has 1 amide bonds. The van der Waals surface area contributed by atoms with Crippen LogP contribution >= 0.6 is 11.6 Å². The van der Waals surface area contributed by atoms with Crippen molar-refractivity contribution in [1.29, 1.82) is 0 Å². The van der Waals surface area contributed by atoms with Gasteiger partial charge in [-0.15, -0.1) is 0 Å². The number of nitrogens with zero attached hydrogens (tertiary/aromatic N) is 2. The lowest BCUT2D eigenvalue weighted by Gasteiger charge is -2.34. The number of carbonyl (C=O) groups is 1. The molecule has 0 unspecified atom stereocenters. The smallest absolute Gasteiger partial charge is 0.225 e. The first-order valence-electron chi connectivity index (χ1n) is 10.8. The fourth-order valence-electron chi connectivity index (χ4n) is 3.67. The monoisotopic (exact) mass is 424 g/mol. The number of carbonyl (C=O) groups excluding carboxylic acids is 1. The molecule has 0 atom stereocenters. The first-order valence-corrected chi connectivity index (χ1v) is 11.1. The molecule has 1 fully saturated rings. The topological polar surface area (TPSA) is 56.7 Å². The highest BCUT2D eigenvalue weighted by molar-refractivity contribution is 6.31. The summed E-state index contributed by atoms with van der Waals surface area (Å²) in [6.45, 7) is 9.11. The van der Waals surface area contributed by atoms with Crippen LogP contribution in [0.25, 0.3) is 0 Å². The summed E-state index contributed by atoms with van der Waals surface area (Å²) in [4.78, 5) is 19.2. The highest BCUT2D eigenvalue weighted by Crippen LogP contribution is 2.18. The van der Waals surface area contributed by atoms with Crippen LogP contribution in [-0.4, -0.2) is 49.0 Å². The fourth-order valence-corrected chi connectivity index (χ4v) is 3.93. The molecule has 0 saturated carbocycles. The lowest BCUT2D eigenvalue weighted by Crippen LogP contribution is -2.50. The average Bonchev–Trinajstić information content (AvgIpc) is 2.71. The van der Waals surface area contributed by atoms with Crippen molar-refractivity contribution in [2.45, 2.75) is 58.9 Å². The van der Waals surface area contributed by atoms with Gasteiger partial charge in [0.1, 0.15) is 5.82 Å². The minimum absolute atomic E-state index is 0.150. The number of hydrogen-bond acceptors (Lipinski definition) is 2. The standard InChI is InChI=1S/C22H34ClFN4O/c1-4-16(5-2)21(29)28-13-10-19(11-14-28)27-22(25-6-3)26-12-9-17-7-8-18(24)15-20(17)23/h7-8,15-16,19H,4-6,9-14H2,1-3H3,(H2,25,26,27). The largest absolute Gasteiger partial charge is 0.357 e. The molecule has 162 valence electrons. The van der Waals surface area contributed by atoms with Crippen molar-refractivity contribution in [2.24, 2.45) is 10.9 Å². The van der Waals surface area contributed by atoms with E-state index in [9.17, 15) is 9.18 Å². The number of rotatable bonds is 8. The van der Waals surface area contributed by atoms with Gasteiger partial charge in [0.15, 0.2) is 5.96 Å². The molecule has 0 radical (unpaired) electrons. The van der Waals surface area contributed by atoms with Crippen LogP contribution in [0.4, 0.5) is 4.39 Å². The van der Waals surface area contributed by atoms with Gasteiger partial charge in [-0.2, -0.15) is 0 Å². The molecule has 1 aliphatic heterocycles. The lowest BCUT2D eigenvalue weighted by molar-refractivity contribution is -0.136. The Morgan fingerprint density at radius 1 is 1.28 bits per heavy atom. The third kappa shape index (κ3) is 7.18. The van der Waals surface area contributed by atoms with E-state index in [-0.39, 0.29) is 11.7 Å². The van der Waals surface area contributed by atoms with Gasteiger partial charge in [0.2, 0.25) is 5.91 Å². The molecule has 0 aromatic heterocycles. The molecular weight excluding hydrogens is 391 g/mol. The van der Waals surface area contributed by atoms with Crippen LogP contribution < -0.4 is 10.6 Å². The van der Waals surface area contributed by atoms with Gasteiger partial charge in [0, 0.05) is 43.2 Å². The van der Waals surface area contributed by atoms with Crippen molar-refractivity contribution < 1.29 is 9.18 Å². The van der Waals surface area contributed by atoms with Gasteiger partial charge < -0.3 is 15.5 Å². The average molecular weight is 425 g/mol. The van der Waals surface area contributed by atoms with Crippen LogP contribution in [0.15, 0.2) is 23.2 Å².